The molecular formula is C12H16BrNO2S. The molecule has 1 aliphatic rings. The number of sulfonamides is 1. The molecule has 1 aromatic carbocycles. The predicted octanol–water partition coefficient (Wildman–Crippen LogP) is 2.94. The van der Waals surface area contributed by atoms with Gasteiger partial charge in [-0.15, -0.1) is 0 Å². The molecule has 17 heavy (non-hydrogen) atoms. The Morgan fingerprint density at radius 3 is 2.59 bits per heavy atom. The van der Waals surface area contributed by atoms with Crippen molar-refractivity contribution in [1.82, 2.24) is 4.31 Å². The van der Waals surface area contributed by atoms with Crippen molar-refractivity contribution in [3.8, 4) is 0 Å². The fourth-order valence-corrected chi connectivity index (χ4v) is 3.88. The van der Waals surface area contributed by atoms with Crippen LogP contribution in [0.15, 0.2) is 28.7 Å². The van der Waals surface area contributed by atoms with Crippen LogP contribution in [0.5, 0.6) is 0 Å². The second kappa shape index (κ2) is 5.08. The molecule has 0 amide bonds. The first-order valence-electron chi connectivity index (χ1n) is 5.79. The molecule has 0 saturated carbocycles. The highest BCUT2D eigenvalue weighted by Gasteiger charge is 2.33. The molecule has 1 fully saturated rings. The molecule has 1 heterocycles. The van der Waals surface area contributed by atoms with E-state index in [9.17, 15) is 8.42 Å². The number of hydrogen-bond donors (Lipinski definition) is 0. The van der Waals surface area contributed by atoms with Crippen LogP contribution in [0.3, 0.4) is 0 Å². The summed E-state index contributed by atoms with van der Waals surface area (Å²) in [5.74, 6) is 0.181. The van der Waals surface area contributed by atoms with Crippen LogP contribution in [0.4, 0.5) is 0 Å². The van der Waals surface area contributed by atoms with Gasteiger partial charge in [0.25, 0.3) is 0 Å². The molecule has 1 saturated heterocycles. The van der Waals surface area contributed by atoms with E-state index >= 15 is 0 Å². The van der Waals surface area contributed by atoms with Crippen molar-refractivity contribution in [3.63, 3.8) is 0 Å². The quantitative estimate of drug-likeness (QED) is 0.859. The van der Waals surface area contributed by atoms with E-state index in [0.717, 1.165) is 22.9 Å². The van der Waals surface area contributed by atoms with E-state index in [1.54, 1.807) is 11.2 Å². The van der Waals surface area contributed by atoms with E-state index in [1.165, 1.54) is 0 Å². The van der Waals surface area contributed by atoms with Crippen LogP contribution in [0, 0.1) is 0 Å². The molecule has 1 aromatic rings. The fourth-order valence-electron chi connectivity index (χ4n) is 2.26. The lowest BCUT2D eigenvalue weighted by Gasteiger charge is -2.23. The Kier molecular flexibility index (Phi) is 3.90. The zero-order valence-corrected chi connectivity index (χ0v) is 12.2. The summed E-state index contributed by atoms with van der Waals surface area (Å²) >= 11 is 3.39. The lowest BCUT2D eigenvalue weighted by atomic mass is 10.1. The topological polar surface area (TPSA) is 37.4 Å². The van der Waals surface area contributed by atoms with E-state index in [4.69, 9.17) is 0 Å². The number of benzene rings is 1. The maximum absolute atomic E-state index is 12.0. The minimum absolute atomic E-state index is 0.0213. The van der Waals surface area contributed by atoms with Gasteiger partial charge in [0.05, 0.1) is 5.75 Å². The number of rotatable bonds is 3. The van der Waals surface area contributed by atoms with Crippen molar-refractivity contribution in [2.24, 2.45) is 0 Å². The first-order chi connectivity index (χ1) is 8.04. The highest BCUT2D eigenvalue weighted by molar-refractivity contribution is 9.10. The summed E-state index contributed by atoms with van der Waals surface area (Å²) in [7, 11) is -3.08. The molecule has 94 valence electrons. The van der Waals surface area contributed by atoms with Gasteiger partial charge in [-0.05, 0) is 37.5 Å². The molecule has 0 aromatic heterocycles. The molecule has 1 atom stereocenters. The van der Waals surface area contributed by atoms with Crippen molar-refractivity contribution in [2.75, 3.05) is 12.3 Å². The maximum Gasteiger partial charge on any atom is 0.214 e. The second-order valence-corrected chi connectivity index (χ2v) is 7.35. The summed E-state index contributed by atoms with van der Waals surface area (Å²) in [5.41, 5.74) is 1.09. The Hall–Kier alpha value is -0.390. The molecule has 3 nitrogen and oxygen atoms in total. The standard InChI is InChI=1S/C12H16BrNO2S/c1-2-17(15,16)14-9-3-4-12(14)10-5-7-11(13)8-6-10/h5-8,12H,2-4,9H2,1H3. The zero-order chi connectivity index (χ0) is 12.5. The van der Waals surface area contributed by atoms with Gasteiger partial charge >= 0.3 is 0 Å². The van der Waals surface area contributed by atoms with Crippen molar-refractivity contribution < 1.29 is 8.42 Å². The van der Waals surface area contributed by atoms with Crippen molar-refractivity contribution in [1.29, 1.82) is 0 Å². The minimum atomic E-state index is -3.08. The van der Waals surface area contributed by atoms with Gasteiger partial charge in [0, 0.05) is 17.1 Å². The highest BCUT2D eigenvalue weighted by Crippen LogP contribution is 2.34. The Labute approximate surface area is 111 Å². The van der Waals surface area contributed by atoms with Crippen molar-refractivity contribution in [2.45, 2.75) is 25.8 Å². The number of halogens is 1. The van der Waals surface area contributed by atoms with E-state index in [-0.39, 0.29) is 11.8 Å². The van der Waals surface area contributed by atoms with Gasteiger partial charge in [-0.25, -0.2) is 8.42 Å². The Morgan fingerprint density at radius 2 is 2.00 bits per heavy atom. The van der Waals surface area contributed by atoms with Crippen LogP contribution in [-0.4, -0.2) is 25.0 Å². The lowest BCUT2D eigenvalue weighted by molar-refractivity contribution is 0.397. The van der Waals surface area contributed by atoms with Gasteiger partial charge < -0.3 is 0 Å². The zero-order valence-electron chi connectivity index (χ0n) is 9.77. The molecule has 2 rings (SSSR count). The SMILES string of the molecule is CCS(=O)(=O)N1CCCC1c1ccc(Br)cc1. The average molecular weight is 318 g/mol. The Bertz CT molecular complexity index is 484. The summed E-state index contributed by atoms with van der Waals surface area (Å²) < 4.78 is 26.6. The third-order valence-corrected chi connectivity index (χ3v) is 5.59. The number of hydrogen-bond acceptors (Lipinski definition) is 2. The van der Waals surface area contributed by atoms with Crippen LogP contribution in [0.1, 0.15) is 31.4 Å². The minimum Gasteiger partial charge on any atom is -0.212 e. The molecule has 1 aliphatic heterocycles. The first-order valence-corrected chi connectivity index (χ1v) is 8.20. The maximum atomic E-state index is 12.0. The van der Waals surface area contributed by atoms with Gasteiger partial charge in [-0.1, -0.05) is 28.1 Å². The van der Waals surface area contributed by atoms with Gasteiger partial charge in [0.1, 0.15) is 0 Å². The monoisotopic (exact) mass is 317 g/mol. The normalized spacial score (nSPS) is 21.9. The van der Waals surface area contributed by atoms with Crippen LogP contribution in [0.25, 0.3) is 0 Å². The Balaban J connectivity index is 2.29. The van der Waals surface area contributed by atoms with Crippen molar-refractivity contribution in [3.05, 3.63) is 34.3 Å². The van der Waals surface area contributed by atoms with Gasteiger partial charge in [0.15, 0.2) is 0 Å². The van der Waals surface area contributed by atoms with Crippen LogP contribution in [0.2, 0.25) is 0 Å². The van der Waals surface area contributed by atoms with Gasteiger partial charge in [-0.3, -0.25) is 0 Å². The third-order valence-electron chi connectivity index (χ3n) is 3.18. The predicted molar refractivity (Wildman–Crippen MR) is 72.3 cm³/mol. The molecule has 0 bridgehead atoms. The summed E-state index contributed by atoms with van der Waals surface area (Å²) in [6.07, 6.45) is 1.86. The molecular weight excluding hydrogens is 302 g/mol. The van der Waals surface area contributed by atoms with E-state index in [1.807, 2.05) is 24.3 Å². The van der Waals surface area contributed by atoms with Gasteiger partial charge in [-0.2, -0.15) is 4.31 Å². The lowest BCUT2D eigenvalue weighted by Crippen LogP contribution is -2.31. The van der Waals surface area contributed by atoms with E-state index in [2.05, 4.69) is 15.9 Å². The summed E-state index contributed by atoms with van der Waals surface area (Å²) in [6.45, 7) is 2.35. The third kappa shape index (κ3) is 2.72. The first kappa shape index (κ1) is 13.1. The Morgan fingerprint density at radius 1 is 1.35 bits per heavy atom. The average Bonchev–Trinajstić information content (AvgIpc) is 2.80. The van der Waals surface area contributed by atoms with E-state index in [0.29, 0.717) is 6.54 Å². The van der Waals surface area contributed by atoms with Crippen LogP contribution >= 0.6 is 15.9 Å². The molecule has 1 unspecified atom stereocenters. The smallest absolute Gasteiger partial charge is 0.212 e. The van der Waals surface area contributed by atoms with Crippen molar-refractivity contribution >= 4 is 26.0 Å². The molecule has 0 spiro atoms. The highest BCUT2D eigenvalue weighted by atomic mass is 79.9. The number of nitrogens with zero attached hydrogens (tertiary/aromatic N) is 1. The summed E-state index contributed by atoms with van der Waals surface area (Å²) in [5, 5.41) is 0. The largest absolute Gasteiger partial charge is 0.214 e. The van der Waals surface area contributed by atoms with Crippen LogP contribution in [-0.2, 0) is 10.0 Å². The van der Waals surface area contributed by atoms with Gasteiger partial charge in [0.2, 0.25) is 10.0 Å². The summed E-state index contributed by atoms with van der Waals surface area (Å²) in [6, 6.07) is 7.94. The second-order valence-electron chi connectivity index (χ2n) is 4.22. The fraction of sp³-hybridized carbons (Fsp3) is 0.500. The molecule has 5 heteroatoms. The molecule has 0 aliphatic carbocycles. The molecule has 0 N–H and O–H groups in total. The molecule has 0 radical (unpaired) electrons. The van der Waals surface area contributed by atoms with E-state index < -0.39 is 10.0 Å². The summed E-state index contributed by atoms with van der Waals surface area (Å²) in [4.78, 5) is 0. The van der Waals surface area contributed by atoms with Crippen LogP contribution < -0.4 is 0 Å².